The fourth-order valence-electron chi connectivity index (χ4n) is 2.45. The first-order valence-corrected chi connectivity index (χ1v) is 9.03. The summed E-state index contributed by atoms with van der Waals surface area (Å²) in [6, 6.07) is 0. The second-order valence-corrected chi connectivity index (χ2v) is 7.56. The molecule has 1 aliphatic heterocycles. The fraction of sp³-hybridized carbons (Fsp3) is 0.846. The van der Waals surface area contributed by atoms with E-state index >= 15 is 0 Å². The lowest BCUT2D eigenvalue weighted by molar-refractivity contribution is -0.138. The third-order valence-corrected chi connectivity index (χ3v) is 5.10. The number of aliphatic carboxylic acids is 1. The van der Waals surface area contributed by atoms with Crippen molar-refractivity contribution >= 4 is 21.9 Å². The van der Waals surface area contributed by atoms with Gasteiger partial charge in [0.15, 0.2) is 0 Å². The van der Waals surface area contributed by atoms with Gasteiger partial charge in [0.2, 0.25) is 15.9 Å². The van der Waals surface area contributed by atoms with Crippen molar-refractivity contribution in [2.45, 2.75) is 32.6 Å². The molecular weight excluding hydrogens is 296 g/mol. The van der Waals surface area contributed by atoms with Crippen molar-refractivity contribution in [3.8, 4) is 0 Å². The minimum absolute atomic E-state index is 0.0247. The van der Waals surface area contributed by atoms with Gasteiger partial charge in [-0.25, -0.2) is 12.7 Å². The number of amides is 1. The van der Waals surface area contributed by atoms with Gasteiger partial charge in [-0.1, -0.05) is 13.3 Å². The molecule has 2 atom stereocenters. The fourth-order valence-corrected chi connectivity index (χ4v) is 3.37. The van der Waals surface area contributed by atoms with Gasteiger partial charge in [0.1, 0.15) is 0 Å². The topological polar surface area (TPSA) is 104 Å². The highest BCUT2D eigenvalue weighted by atomic mass is 32.2. The lowest BCUT2D eigenvalue weighted by Crippen LogP contribution is -2.45. The van der Waals surface area contributed by atoms with Crippen LogP contribution in [0, 0.1) is 11.8 Å². The molecule has 0 aliphatic carbocycles. The Bertz CT molecular complexity index is 477. The van der Waals surface area contributed by atoms with Crippen molar-refractivity contribution in [1.29, 1.82) is 0 Å². The summed E-state index contributed by atoms with van der Waals surface area (Å²) in [5, 5.41) is 11.5. The van der Waals surface area contributed by atoms with Gasteiger partial charge in [0.05, 0.1) is 12.2 Å². The van der Waals surface area contributed by atoms with E-state index in [0.29, 0.717) is 32.4 Å². The molecule has 1 rings (SSSR count). The van der Waals surface area contributed by atoms with Crippen LogP contribution < -0.4 is 5.32 Å². The number of rotatable bonds is 7. The molecule has 0 aromatic rings. The van der Waals surface area contributed by atoms with E-state index in [-0.39, 0.29) is 30.7 Å². The Labute approximate surface area is 125 Å². The van der Waals surface area contributed by atoms with E-state index in [4.69, 9.17) is 5.11 Å². The normalized spacial score (nSPS) is 21.7. The first-order chi connectivity index (χ1) is 9.74. The summed E-state index contributed by atoms with van der Waals surface area (Å²) in [5.41, 5.74) is 0. The zero-order chi connectivity index (χ0) is 16.0. The molecule has 1 aliphatic rings. The Morgan fingerprint density at radius 1 is 1.43 bits per heavy atom. The van der Waals surface area contributed by atoms with Gasteiger partial charge in [-0.05, 0) is 18.8 Å². The molecule has 0 saturated carbocycles. The van der Waals surface area contributed by atoms with Crippen molar-refractivity contribution in [2.75, 3.05) is 25.9 Å². The van der Waals surface area contributed by atoms with E-state index in [1.165, 1.54) is 4.31 Å². The van der Waals surface area contributed by atoms with Crippen molar-refractivity contribution in [3.05, 3.63) is 0 Å². The maximum Gasteiger partial charge on any atom is 0.303 e. The lowest BCUT2D eigenvalue weighted by Gasteiger charge is -2.30. The summed E-state index contributed by atoms with van der Waals surface area (Å²) in [6.07, 6.45) is 3.17. The molecule has 0 aromatic heterocycles. The number of carboxylic acid groups (broad SMARTS) is 1. The van der Waals surface area contributed by atoms with Gasteiger partial charge in [0.25, 0.3) is 0 Å². The average molecular weight is 320 g/mol. The molecule has 8 heteroatoms. The van der Waals surface area contributed by atoms with Gasteiger partial charge in [-0.15, -0.1) is 0 Å². The highest BCUT2D eigenvalue weighted by molar-refractivity contribution is 7.88. The Morgan fingerprint density at radius 2 is 2.10 bits per heavy atom. The van der Waals surface area contributed by atoms with E-state index in [1.807, 2.05) is 6.92 Å². The van der Waals surface area contributed by atoms with Crippen LogP contribution in [0.2, 0.25) is 0 Å². The number of piperidine rings is 1. The second kappa shape index (κ2) is 7.74. The maximum atomic E-state index is 12.1. The molecular formula is C13H24N2O5S. The molecule has 122 valence electrons. The van der Waals surface area contributed by atoms with E-state index in [2.05, 4.69) is 5.32 Å². The molecule has 0 spiro atoms. The Morgan fingerprint density at radius 3 is 2.62 bits per heavy atom. The van der Waals surface area contributed by atoms with Crippen LogP contribution in [0.25, 0.3) is 0 Å². The summed E-state index contributed by atoms with van der Waals surface area (Å²) >= 11 is 0. The van der Waals surface area contributed by atoms with Crippen molar-refractivity contribution in [1.82, 2.24) is 9.62 Å². The van der Waals surface area contributed by atoms with Crippen LogP contribution in [-0.2, 0) is 19.6 Å². The predicted molar refractivity (Wildman–Crippen MR) is 78.2 cm³/mol. The number of carbonyl (C=O) groups is 2. The molecule has 0 radical (unpaired) electrons. The summed E-state index contributed by atoms with van der Waals surface area (Å²) in [6.45, 7) is 2.86. The monoisotopic (exact) mass is 320 g/mol. The Balaban J connectivity index is 2.49. The van der Waals surface area contributed by atoms with Gasteiger partial charge in [0, 0.05) is 26.1 Å². The van der Waals surface area contributed by atoms with Gasteiger partial charge in [-0.3, -0.25) is 9.59 Å². The van der Waals surface area contributed by atoms with Crippen LogP contribution in [0.15, 0.2) is 0 Å². The first kappa shape index (κ1) is 17.9. The standard InChI is InChI=1S/C13H24N2O5S/c1-3-10(7-12(16)17)8-14-13(18)11-5-4-6-15(9-11)21(2,19)20/h10-11H,3-9H2,1-2H3,(H,14,18)(H,16,17). The molecule has 1 fully saturated rings. The molecule has 2 N–H and O–H groups in total. The second-order valence-electron chi connectivity index (χ2n) is 5.58. The Kier molecular flexibility index (Phi) is 6.60. The summed E-state index contributed by atoms with van der Waals surface area (Å²) < 4.78 is 24.4. The van der Waals surface area contributed by atoms with E-state index in [0.717, 1.165) is 6.26 Å². The van der Waals surface area contributed by atoms with Crippen LogP contribution in [-0.4, -0.2) is 55.6 Å². The third kappa shape index (κ3) is 6.01. The number of hydrogen-bond acceptors (Lipinski definition) is 4. The zero-order valence-electron chi connectivity index (χ0n) is 12.5. The highest BCUT2D eigenvalue weighted by Gasteiger charge is 2.30. The van der Waals surface area contributed by atoms with Gasteiger partial charge >= 0.3 is 5.97 Å². The number of carbonyl (C=O) groups excluding carboxylic acids is 1. The quantitative estimate of drug-likeness (QED) is 0.701. The average Bonchev–Trinajstić information content (AvgIpc) is 2.41. The number of sulfonamides is 1. The molecule has 0 aromatic carbocycles. The summed E-state index contributed by atoms with van der Waals surface area (Å²) in [7, 11) is -3.27. The molecule has 7 nitrogen and oxygen atoms in total. The maximum absolute atomic E-state index is 12.1. The van der Waals surface area contributed by atoms with E-state index in [1.54, 1.807) is 0 Å². The molecule has 2 unspecified atom stereocenters. The largest absolute Gasteiger partial charge is 0.481 e. The van der Waals surface area contributed by atoms with Gasteiger partial charge in [-0.2, -0.15) is 0 Å². The SMILES string of the molecule is CCC(CNC(=O)C1CCCN(S(C)(=O)=O)C1)CC(=O)O. The van der Waals surface area contributed by atoms with Crippen molar-refractivity contribution < 1.29 is 23.1 Å². The van der Waals surface area contributed by atoms with Crippen molar-refractivity contribution in [2.24, 2.45) is 11.8 Å². The van der Waals surface area contributed by atoms with E-state index < -0.39 is 16.0 Å². The predicted octanol–water partition coefficient (Wildman–Crippen LogP) is 0.275. The Hall–Kier alpha value is -1.15. The summed E-state index contributed by atoms with van der Waals surface area (Å²) in [5.74, 6) is -1.51. The van der Waals surface area contributed by atoms with Crippen LogP contribution in [0.3, 0.4) is 0 Å². The molecule has 1 amide bonds. The molecule has 21 heavy (non-hydrogen) atoms. The third-order valence-electron chi connectivity index (χ3n) is 3.83. The highest BCUT2D eigenvalue weighted by Crippen LogP contribution is 2.19. The number of nitrogens with zero attached hydrogens (tertiary/aromatic N) is 1. The molecule has 1 saturated heterocycles. The summed E-state index contributed by atoms with van der Waals surface area (Å²) in [4.78, 5) is 22.8. The van der Waals surface area contributed by atoms with Crippen LogP contribution >= 0.6 is 0 Å². The van der Waals surface area contributed by atoms with Crippen LogP contribution in [0.5, 0.6) is 0 Å². The minimum atomic E-state index is -3.27. The molecule has 1 heterocycles. The van der Waals surface area contributed by atoms with Crippen molar-refractivity contribution in [3.63, 3.8) is 0 Å². The zero-order valence-corrected chi connectivity index (χ0v) is 13.4. The van der Waals surface area contributed by atoms with Crippen LogP contribution in [0.1, 0.15) is 32.6 Å². The molecule has 0 bridgehead atoms. The first-order valence-electron chi connectivity index (χ1n) is 7.18. The van der Waals surface area contributed by atoms with Crippen LogP contribution in [0.4, 0.5) is 0 Å². The lowest BCUT2D eigenvalue weighted by atomic mass is 9.97. The number of nitrogens with one attached hydrogen (secondary N) is 1. The van der Waals surface area contributed by atoms with E-state index in [9.17, 15) is 18.0 Å². The smallest absolute Gasteiger partial charge is 0.303 e. The minimum Gasteiger partial charge on any atom is -0.481 e. The number of carboxylic acids is 1. The van der Waals surface area contributed by atoms with Gasteiger partial charge < -0.3 is 10.4 Å². The number of hydrogen-bond donors (Lipinski definition) is 2.